The zero-order chi connectivity index (χ0) is 18.7. The van der Waals surface area contributed by atoms with E-state index in [2.05, 4.69) is 5.32 Å². The van der Waals surface area contributed by atoms with E-state index in [1.54, 1.807) is 6.08 Å². The number of carbonyl (C=O) groups excluding carboxylic acids is 1. The maximum Gasteiger partial charge on any atom is 0.248 e. The van der Waals surface area contributed by atoms with Crippen LogP contribution in [-0.4, -0.2) is 20.1 Å². The van der Waals surface area contributed by atoms with E-state index in [4.69, 9.17) is 21.1 Å². The molecule has 4 nitrogen and oxygen atoms in total. The van der Waals surface area contributed by atoms with E-state index < -0.39 is 11.7 Å². The van der Waals surface area contributed by atoms with Crippen LogP contribution in [-0.2, 0) is 4.79 Å². The quantitative estimate of drug-likeness (QED) is 0.595. The molecule has 134 valence electrons. The van der Waals surface area contributed by atoms with Gasteiger partial charge in [-0.1, -0.05) is 29.8 Å². The van der Waals surface area contributed by atoms with Crippen LogP contribution in [0.1, 0.15) is 4.88 Å². The molecule has 2 aromatic carbocycles. The molecule has 0 aliphatic rings. The Labute approximate surface area is 158 Å². The molecular formula is C19H15ClFNO3S. The van der Waals surface area contributed by atoms with E-state index in [1.807, 2.05) is 24.3 Å². The third-order valence-corrected chi connectivity index (χ3v) is 5.33. The predicted molar refractivity (Wildman–Crippen MR) is 104 cm³/mol. The summed E-state index contributed by atoms with van der Waals surface area (Å²) in [5.41, 5.74) is -0.000243. The Balaban J connectivity index is 1.80. The van der Waals surface area contributed by atoms with E-state index in [-0.39, 0.29) is 11.4 Å². The Morgan fingerprint density at radius 1 is 1.19 bits per heavy atom. The van der Waals surface area contributed by atoms with Crippen molar-refractivity contribution in [1.29, 1.82) is 0 Å². The minimum absolute atomic E-state index is 0.000243. The largest absolute Gasteiger partial charge is 0.493 e. The molecule has 0 radical (unpaired) electrons. The second-order valence-electron chi connectivity index (χ2n) is 5.29. The first-order valence-corrected chi connectivity index (χ1v) is 8.80. The first-order chi connectivity index (χ1) is 12.5. The summed E-state index contributed by atoms with van der Waals surface area (Å²) in [6.45, 7) is 0. The number of amides is 1. The van der Waals surface area contributed by atoms with Gasteiger partial charge in [0.2, 0.25) is 5.91 Å². The van der Waals surface area contributed by atoms with Crippen molar-refractivity contribution in [3.63, 3.8) is 0 Å². The molecule has 0 atom stereocenters. The molecule has 0 saturated heterocycles. The average molecular weight is 392 g/mol. The number of halogens is 2. The van der Waals surface area contributed by atoms with E-state index in [0.29, 0.717) is 10.8 Å². The molecular weight excluding hydrogens is 377 g/mol. The van der Waals surface area contributed by atoms with Crippen molar-refractivity contribution in [3.05, 3.63) is 58.2 Å². The van der Waals surface area contributed by atoms with Gasteiger partial charge in [-0.3, -0.25) is 4.79 Å². The molecule has 0 aliphatic heterocycles. The van der Waals surface area contributed by atoms with Gasteiger partial charge in [0.15, 0.2) is 17.3 Å². The van der Waals surface area contributed by atoms with Gasteiger partial charge in [-0.25, -0.2) is 4.39 Å². The maximum atomic E-state index is 14.1. The number of ether oxygens (including phenoxy) is 2. The van der Waals surface area contributed by atoms with E-state index in [0.717, 1.165) is 21.0 Å². The lowest BCUT2D eigenvalue weighted by Gasteiger charge is -2.11. The molecule has 0 saturated carbocycles. The van der Waals surface area contributed by atoms with Crippen LogP contribution < -0.4 is 14.8 Å². The summed E-state index contributed by atoms with van der Waals surface area (Å²) in [7, 11) is 2.84. The van der Waals surface area contributed by atoms with Crippen LogP contribution in [0, 0.1) is 5.82 Å². The molecule has 0 spiro atoms. The van der Waals surface area contributed by atoms with E-state index >= 15 is 0 Å². The summed E-state index contributed by atoms with van der Waals surface area (Å²) in [4.78, 5) is 12.9. The number of hydrogen-bond donors (Lipinski definition) is 1. The smallest absolute Gasteiger partial charge is 0.248 e. The Hall–Kier alpha value is -2.57. The summed E-state index contributed by atoms with van der Waals surface area (Å²) in [5, 5.41) is 4.01. The van der Waals surface area contributed by atoms with Gasteiger partial charge in [0, 0.05) is 33.2 Å². The highest BCUT2D eigenvalue weighted by molar-refractivity contribution is 7.20. The van der Waals surface area contributed by atoms with Gasteiger partial charge in [0.05, 0.1) is 24.9 Å². The molecule has 0 aliphatic carbocycles. The van der Waals surface area contributed by atoms with Crippen molar-refractivity contribution < 1.29 is 18.7 Å². The molecule has 7 heteroatoms. The fourth-order valence-electron chi connectivity index (χ4n) is 2.42. The van der Waals surface area contributed by atoms with Crippen molar-refractivity contribution in [3.8, 4) is 11.5 Å². The highest BCUT2D eigenvalue weighted by Crippen LogP contribution is 2.36. The van der Waals surface area contributed by atoms with Crippen molar-refractivity contribution >= 4 is 50.7 Å². The van der Waals surface area contributed by atoms with Gasteiger partial charge < -0.3 is 14.8 Å². The number of benzene rings is 2. The molecule has 1 N–H and O–H groups in total. The number of anilines is 1. The van der Waals surface area contributed by atoms with Crippen LogP contribution in [0.15, 0.2) is 42.5 Å². The molecule has 1 heterocycles. The number of rotatable bonds is 5. The number of carbonyl (C=O) groups is 1. The fourth-order valence-corrected chi connectivity index (χ4v) is 3.81. The highest BCUT2D eigenvalue weighted by atomic mass is 35.5. The second-order valence-corrected chi connectivity index (χ2v) is 6.75. The lowest BCUT2D eigenvalue weighted by Crippen LogP contribution is -2.09. The topological polar surface area (TPSA) is 47.6 Å². The van der Waals surface area contributed by atoms with Crippen molar-refractivity contribution in [2.24, 2.45) is 0 Å². The lowest BCUT2D eigenvalue weighted by atomic mass is 10.2. The third-order valence-electron chi connectivity index (χ3n) is 3.68. The second kappa shape index (κ2) is 7.76. The van der Waals surface area contributed by atoms with Crippen LogP contribution >= 0.6 is 22.9 Å². The summed E-state index contributed by atoms with van der Waals surface area (Å²) in [6.07, 6.45) is 2.92. The molecule has 1 amide bonds. The standard InChI is InChI=1S/C19H15ClFNO3S/c1-24-14-9-12(21)13(10-15(14)25-2)22-18(23)8-7-17-19(20)11-5-3-4-6-16(11)26-17/h3-10H,1-2H3,(H,22,23). The molecule has 1 aromatic heterocycles. The lowest BCUT2D eigenvalue weighted by molar-refractivity contribution is -0.111. The Kier molecular flexibility index (Phi) is 5.44. The SMILES string of the molecule is COc1cc(F)c(NC(=O)C=Cc2sc3ccccc3c2Cl)cc1OC. The number of thiophene rings is 1. The fraction of sp³-hybridized carbons (Fsp3) is 0.105. The summed E-state index contributed by atoms with van der Waals surface area (Å²) in [6, 6.07) is 10.2. The number of fused-ring (bicyclic) bond motifs is 1. The first kappa shape index (κ1) is 18.2. The Bertz CT molecular complexity index is 1000. The Morgan fingerprint density at radius 3 is 2.58 bits per heavy atom. The Morgan fingerprint density at radius 2 is 1.88 bits per heavy atom. The number of nitrogens with one attached hydrogen (secondary N) is 1. The van der Waals surface area contributed by atoms with Gasteiger partial charge in [0.25, 0.3) is 0 Å². The van der Waals surface area contributed by atoms with Crippen molar-refractivity contribution in [2.45, 2.75) is 0 Å². The number of methoxy groups -OCH3 is 2. The van der Waals surface area contributed by atoms with E-state index in [9.17, 15) is 9.18 Å². The normalized spacial score (nSPS) is 11.1. The van der Waals surface area contributed by atoms with Crippen LogP contribution in [0.5, 0.6) is 11.5 Å². The van der Waals surface area contributed by atoms with Gasteiger partial charge in [-0.05, 0) is 12.1 Å². The van der Waals surface area contributed by atoms with Crippen LogP contribution in [0.25, 0.3) is 16.2 Å². The van der Waals surface area contributed by atoms with Crippen LogP contribution in [0.2, 0.25) is 5.02 Å². The molecule has 3 rings (SSSR count). The van der Waals surface area contributed by atoms with Gasteiger partial charge in [-0.15, -0.1) is 11.3 Å². The molecule has 0 unspecified atom stereocenters. The van der Waals surface area contributed by atoms with Crippen LogP contribution in [0.4, 0.5) is 10.1 Å². The van der Waals surface area contributed by atoms with Gasteiger partial charge >= 0.3 is 0 Å². The zero-order valence-corrected chi connectivity index (χ0v) is 15.6. The average Bonchev–Trinajstić information content (AvgIpc) is 2.97. The third kappa shape index (κ3) is 3.66. The van der Waals surface area contributed by atoms with Crippen LogP contribution in [0.3, 0.4) is 0 Å². The highest BCUT2D eigenvalue weighted by Gasteiger charge is 2.13. The molecule has 0 fully saturated rings. The first-order valence-electron chi connectivity index (χ1n) is 7.61. The summed E-state index contributed by atoms with van der Waals surface area (Å²) < 4.78 is 25.3. The van der Waals surface area contributed by atoms with E-state index in [1.165, 1.54) is 37.7 Å². The predicted octanol–water partition coefficient (Wildman–Crippen LogP) is 5.36. The zero-order valence-electron chi connectivity index (χ0n) is 14.0. The van der Waals surface area contributed by atoms with Crippen molar-refractivity contribution in [2.75, 3.05) is 19.5 Å². The summed E-state index contributed by atoms with van der Waals surface area (Å²) >= 11 is 7.81. The van der Waals surface area contributed by atoms with Gasteiger partial charge in [0.1, 0.15) is 0 Å². The summed E-state index contributed by atoms with van der Waals surface area (Å²) in [5.74, 6) is -0.537. The van der Waals surface area contributed by atoms with Gasteiger partial charge in [-0.2, -0.15) is 0 Å². The maximum absolute atomic E-state index is 14.1. The monoisotopic (exact) mass is 391 g/mol. The molecule has 3 aromatic rings. The molecule has 26 heavy (non-hydrogen) atoms. The minimum Gasteiger partial charge on any atom is -0.493 e. The molecule has 0 bridgehead atoms. The minimum atomic E-state index is -0.621. The van der Waals surface area contributed by atoms with Crippen molar-refractivity contribution in [1.82, 2.24) is 0 Å². The number of hydrogen-bond acceptors (Lipinski definition) is 4.